The van der Waals surface area contributed by atoms with Crippen molar-refractivity contribution >= 4 is 27.0 Å². The molecule has 1 saturated carbocycles. The number of halogens is 2. The Labute approximate surface area is 261 Å². The van der Waals surface area contributed by atoms with Crippen molar-refractivity contribution in [1.29, 1.82) is 0 Å². The Bertz CT molecular complexity index is 1850. The van der Waals surface area contributed by atoms with Gasteiger partial charge in [0.2, 0.25) is 5.95 Å². The molecule has 0 atom stereocenters. The summed E-state index contributed by atoms with van der Waals surface area (Å²) in [6.07, 6.45) is 7.43. The summed E-state index contributed by atoms with van der Waals surface area (Å²) >= 11 is 0. The summed E-state index contributed by atoms with van der Waals surface area (Å²) in [4.78, 5) is 14.6. The zero-order valence-electron chi connectivity index (χ0n) is 25.5. The van der Waals surface area contributed by atoms with E-state index in [9.17, 15) is 17.2 Å². The van der Waals surface area contributed by atoms with E-state index in [-0.39, 0.29) is 4.90 Å². The zero-order chi connectivity index (χ0) is 32.1. The number of benzene rings is 1. The largest absolute Gasteiger partial charge is 0.361 e. The third-order valence-electron chi connectivity index (χ3n) is 7.72. The van der Waals surface area contributed by atoms with Gasteiger partial charge < -0.3 is 15.6 Å². The molecule has 1 fully saturated rings. The molecule has 5 aromatic rings. The van der Waals surface area contributed by atoms with Crippen molar-refractivity contribution in [1.82, 2.24) is 24.1 Å². The predicted molar refractivity (Wildman–Crippen MR) is 170 cm³/mol. The van der Waals surface area contributed by atoms with Gasteiger partial charge in [-0.05, 0) is 62.9 Å². The van der Waals surface area contributed by atoms with Gasteiger partial charge in [-0.1, -0.05) is 49.5 Å². The summed E-state index contributed by atoms with van der Waals surface area (Å²) in [5, 5.41) is 8.25. The van der Waals surface area contributed by atoms with Crippen molar-refractivity contribution in [3.05, 3.63) is 71.9 Å². The zero-order valence-corrected chi connectivity index (χ0v) is 26.3. The van der Waals surface area contributed by atoms with Gasteiger partial charge in [-0.3, -0.25) is 0 Å². The number of aryl methyl sites for hydroxylation is 3. The maximum Gasteiger partial charge on any atom is 0.269 e. The first-order valence-electron chi connectivity index (χ1n) is 15.0. The lowest BCUT2D eigenvalue weighted by Crippen LogP contribution is -2.17. The van der Waals surface area contributed by atoms with E-state index in [1.807, 2.05) is 32.2 Å². The van der Waals surface area contributed by atoms with Crippen molar-refractivity contribution in [2.24, 2.45) is 5.73 Å². The van der Waals surface area contributed by atoms with Gasteiger partial charge in [-0.15, -0.1) is 0 Å². The molecule has 0 bridgehead atoms. The first-order chi connectivity index (χ1) is 21.6. The summed E-state index contributed by atoms with van der Waals surface area (Å²) in [5.41, 5.74) is 9.17. The lowest BCUT2D eigenvalue weighted by molar-refractivity contribution is 0.158. The average Bonchev–Trinajstić information content (AvgIpc) is 3.77. The van der Waals surface area contributed by atoms with Crippen molar-refractivity contribution < 1.29 is 21.7 Å². The Hall–Kier alpha value is -4.23. The van der Waals surface area contributed by atoms with Crippen LogP contribution in [0.3, 0.4) is 0 Å². The number of aromatic nitrogens is 5. The Morgan fingerprint density at radius 3 is 2.42 bits per heavy atom. The fourth-order valence-electron chi connectivity index (χ4n) is 5.55. The SMILES string of the molecule is CCCc1cnc(NC2CCCC2)nc1-c1cn(S(=O)(=O)c2ccccc2)c2nc(-c3c(C)noc3C)ccc12.NCC(F)F. The molecule has 0 saturated heterocycles. The molecule has 10 nitrogen and oxygen atoms in total. The lowest BCUT2D eigenvalue weighted by Gasteiger charge is -2.14. The van der Waals surface area contributed by atoms with E-state index in [4.69, 9.17) is 14.5 Å². The van der Waals surface area contributed by atoms with E-state index >= 15 is 0 Å². The van der Waals surface area contributed by atoms with E-state index < -0.39 is 23.0 Å². The van der Waals surface area contributed by atoms with Gasteiger partial charge in [-0.25, -0.2) is 36.1 Å². The Kier molecular flexibility index (Phi) is 9.88. The first-order valence-corrected chi connectivity index (χ1v) is 16.4. The fraction of sp³-hybridized carbons (Fsp3) is 0.375. The number of nitrogens with two attached hydrogens (primary N) is 1. The monoisotopic (exact) mass is 637 g/mol. The van der Waals surface area contributed by atoms with Crippen LogP contribution in [0.2, 0.25) is 0 Å². The second-order valence-corrected chi connectivity index (χ2v) is 12.8. The molecule has 0 unspecified atom stereocenters. The van der Waals surface area contributed by atoms with E-state index in [0.29, 0.717) is 45.7 Å². The molecule has 3 N–H and O–H groups in total. The van der Waals surface area contributed by atoms with Crippen molar-refractivity contribution in [3.63, 3.8) is 0 Å². The standard InChI is InChI=1S/C30H32N6O3S.C2H5F2N/c1-4-10-21-17-31-30(32-22-11-8-9-12-22)34-28(21)25-18-36(40(37,38)23-13-6-5-7-14-23)29-24(25)15-16-26(33-29)27-19(2)35-39-20(27)3;3-2(4)1-5/h5-7,13-18,22H,4,8-12H2,1-3H3,(H,31,32,34);2H,1,5H2. The molecule has 4 heterocycles. The molecule has 238 valence electrons. The molecule has 1 aromatic carbocycles. The number of pyridine rings is 1. The third kappa shape index (κ3) is 6.89. The van der Waals surface area contributed by atoms with Gasteiger partial charge in [0.05, 0.1) is 34.1 Å². The average molecular weight is 638 g/mol. The quantitative estimate of drug-likeness (QED) is 0.185. The first kappa shape index (κ1) is 32.2. The highest BCUT2D eigenvalue weighted by Crippen LogP contribution is 2.36. The highest BCUT2D eigenvalue weighted by Gasteiger charge is 2.26. The summed E-state index contributed by atoms with van der Waals surface area (Å²) < 4.78 is 55.9. The number of anilines is 1. The van der Waals surface area contributed by atoms with E-state index in [1.165, 1.54) is 16.8 Å². The second-order valence-electron chi connectivity index (χ2n) is 11.0. The number of alkyl halides is 2. The van der Waals surface area contributed by atoms with Crippen molar-refractivity contribution in [2.75, 3.05) is 11.9 Å². The summed E-state index contributed by atoms with van der Waals surface area (Å²) in [7, 11) is -3.96. The molecular formula is C32H37F2N7O3S. The van der Waals surface area contributed by atoms with Crippen LogP contribution in [0.15, 0.2) is 64.3 Å². The predicted octanol–water partition coefficient (Wildman–Crippen LogP) is 6.52. The van der Waals surface area contributed by atoms with Crippen LogP contribution in [-0.4, -0.2) is 51.5 Å². The minimum absolute atomic E-state index is 0.183. The van der Waals surface area contributed by atoms with Crippen LogP contribution in [-0.2, 0) is 16.4 Å². The third-order valence-corrected chi connectivity index (χ3v) is 9.38. The summed E-state index contributed by atoms with van der Waals surface area (Å²) in [6.45, 7) is 5.25. The molecule has 0 radical (unpaired) electrons. The Morgan fingerprint density at radius 2 is 1.80 bits per heavy atom. The van der Waals surface area contributed by atoms with Gasteiger partial charge in [0.1, 0.15) is 5.76 Å². The maximum absolute atomic E-state index is 14.0. The topological polar surface area (TPSA) is 142 Å². The van der Waals surface area contributed by atoms with Crippen LogP contribution in [0.5, 0.6) is 0 Å². The molecule has 0 amide bonds. The minimum Gasteiger partial charge on any atom is -0.361 e. The molecule has 6 rings (SSSR count). The van der Waals surface area contributed by atoms with Crippen LogP contribution >= 0.6 is 0 Å². The highest BCUT2D eigenvalue weighted by molar-refractivity contribution is 7.90. The molecule has 45 heavy (non-hydrogen) atoms. The fourth-order valence-corrected chi connectivity index (χ4v) is 6.89. The Balaban J connectivity index is 0.000000743. The molecule has 0 spiro atoms. The van der Waals surface area contributed by atoms with E-state index in [1.54, 1.807) is 36.5 Å². The number of nitrogens with zero attached hydrogens (tertiary/aromatic N) is 5. The van der Waals surface area contributed by atoms with E-state index in [0.717, 1.165) is 42.5 Å². The molecular weight excluding hydrogens is 600 g/mol. The van der Waals surface area contributed by atoms with Crippen LogP contribution < -0.4 is 11.1 Å². The smallest absolute Gasteiger partial charge is 0.269 e. The normalized spacial score (nSPS) is 13.8. The van der Waals surface area contributed by atoms with Crippen LogP contribution in [0, 0.1) is 13.8 Å². The lowest BCUT2D eigenvalue weighted by atomic mass is 10.0. The minimum atomic E-state index is -3.96. The van der Waals surface area contributed by atoms with E-state index in [2.05, 4.69) is 28.1 Å². The molecule has 4 aromatic heterocycles. The Morgan fingerprint density at radius 1 is 1.09 bits per heavy atom. The second kappa shape index (κ2) is 13.8. The van der Waals surface area contributed by atoms with Crippen molar-refractivity contribution in [2.45, 2.75) is 76.7 Å². The number of hydrogen-bond donors (Lipinski definition) is 2. The number of hydrogen-bond acceptors (Lipinski definition) is 9. The van der Waals surface area contributed by atoms with Gasteiger partial charge >= 0.3 is 0 Å². The molecule has 1 aliphatic carbocycles. The number of nitrogens with one attached hydrogen (secondary N) is 1. The number of rotatable bonds is 9. The van der Waals surface area contributed by atoms with Crippen molar-refractivity contribution in [3.8, 4) is 22.5 Å². The van der Waals surface area contributed by atoms with Gasteiger partial charge in [0.25, 0.3) is 16.4 Å². The van der Waals surface area contributed by atoms with Gasteiger partial charge in [-0.2, -0.15) is 0 Å². The maximum atomic E-state index is 14.0. The summed E-state index contributed by atoms with van der Waals surface area (Å²) in [6, 6.07) is 12.6. The van der Waals surface area contributed by atoms with Crippen LogP contribution in [0.25, 0.3) is 33.5 Å². The highest BCUT2D eigenvalue weighted by atomic mass is 32.2. The molecule has 13 heteroatoms. The van der Waals surface area contributed by atoms with Crippen LogP contribution in [0.4, 0.5) is 14.7 Å². The number of fused-ring (bicyclic) bond motifs is 1. The molecule has 1 aliphatic rings. The van der Waals surface area contributed by atoms with Crippen LogP contribution in [0.1, 0.15) is 56.0 Å². The molecule has 0 aliphatic heterocycles. The summed E-state index contributed by atoms with van der Waals surface area (Å²) in [5.74, 6) is 1.19. The van der Waals surface area contributed by atoms with Gasteiger partial charge in [0, 0.05) is 29.4 Å². The van der Waals surface area contributed by atoms with Gasteiger partial charge in [0.15, 0.2) is 5.65 Å².